The molecule has 1 aromatic carbocycles. The van der Waals surface area contributed by atoms with Crippen LogP contribution in [-0.2, 0) is 17.8 Å². The van der Waals surface area contributed by atoms with Crippen LogP contribution < -0.4 is 10.1 Å². The maximum absolute atomic E-state index is 12.8. The van der Waals surface area contributed by atoms with E-state index in [0.717, 1.165) is 31.0 Å². The molecule has 0 unspecified atom stereocenters. The molecular weight excluding hydrogens is 311 g/mol. The number of rotatable bonds is 6. The van der Waals surface area contributed by atoms with Crippen LogP contribution in [0.3, 0.4) is 0 Å². The molecule has 0 saturated heterocycles. The predicted molar refractivity (Wildman–Crippen MR) is 86.1 cm³/mol. The number of nitrogens with one attached hydrogen (secondary N) is 1. The molecule has 0 aliphatic carbocycles. The SMILES string of the molecule is Cc1nnc2n1C[C@@H](NC(=O)CCCOc1ccc(F)cc1)CC2. The van der Waals surface area contributed by atoms with Gasteiger partial charge in [0.15, 0.2) is 0 Å². The van der Waals surface area contributed by atoms with Crippen molar-refractivity contribution in [3.63, 3.8) is 0 Å². The third kappa shape index (κ3) is 4.10. The van der Waals surface area contributed by atoms with Gasteiger partial charge in [0, 0.05) is 25.4 Å². The first-order valence-electron chi connectivity index (χ1n) is 8.18. The minimum Gasteiger partial charge on any atom is -0.494 e. The zero-order valence-corrected chi connectivity index (χ0v) is 13.7. The van der Waals surface area contributed by atoms with Crippen LogP contribution in [0.1, 0.15) is 30.9 Å². The molecule has 2 aromatic rings. The molecular formula is C17H21FN4O2. The molecule has 0 bridgehead atoms. The van der Waals surface area contributed by atoms with E-state index < -0.39 is 0 Å². The maximum Gasteiger partial charge on any atom is 0.220 e. The molecule has 2 heterocycles. The van der Waals surface area contributed by atoms with E-state index >= 15 is 0 Å². The number of aromatic nitrogens is 3. The summed E-state index contributed by atoms with van der Waals surface area (Å²) in [6.45, 7) is 3.08. The molecule has 128 valence electrons. The Morgan fingerprint density at radius 1 is 1.38 bits per heavy atom. The van der Waals surface area contributed by atoms with Gasteiger partial charge in [0.25, 0.3) is 0 Å². The summed E-state index contributed by atoms with van der Waals surface area (Å²) in [5.74, 6) is 2.22. The lowest BCUT2D eigenvalue weighted by atomic mass is 10.1. The number of aryl methyl sites for hydroxylation is 2. The fourth-order valence-corrected chi connectivity index (χ4v) is 2.83. The molecule has 1 N–H and O–H groups in total. The summed E-state index contributed by atoms with van der Waals surface area (Å²) in [5.41, 5.74) is 0. The molecule has 1 amide bonds. The standard InChI is InChI=1S/C17H21FN4O2/c1-12-20-21-16-9-6-14(11-22(12)16)19-17(23)3-2-10-24-15-7-4-13(18)5-8-15/h4-5,7-8,14H,2-3,6,9-11H2,1H3,(H,19,23)/t14-/m0/s1. The van der Waals surface area contributed by atoms with Gasteiger partial charge in [-0.2, -0.15) is 0 Å². The van der Waals surface area contributed by atoms with Crippen LogP contribution in [0, 0.1) is 12.7 Å². The zero-order valence-electron chi connectivity index (χ0n) is 13.7. The van der Waals surface area contributed by atoms with Crippen LogP contribution in [0.25, 0.3) is 0 Å². The minimum atomic E-state index is -0.291. The van der Waals surface area contributed by atoms with Crippen LogP contribution in [0.5, 0.6) is 5.75 Å². The summed E-state index contributed by atoms with van der Waals surface area (Å²) in [4.78, 5) is 12.0. The highest BCUT2D eigenvalue weighted by atomic mass is 19.1. The van der Waals surface area contributed by atoms with Crippen molar-refractivity contribution in [2.75, 3.05) is 6.61 Å². The topological polar surface area (TPSA) is 69.0 Å². The van der Waals surface area contributed by atoms with Crippen molar-refractivity contribution in [2.45, 2.75) is 45.2 Å². The van der Waals surface area contributed by atoms with Crippen LogP contribution >= 0.6 is 0 Å². The van der Waals surface area contributed by atoms with Gasteiger partial charge in [-0.25, -0.2) is 4.39 Å². The van der Waals surface area contributed by atoms with Crippen LogP contribution in [0.4, 0.5) is 4.39 Å². The van der Waals surface area contributed by atoms with Gasteiger partial charge in [0.05, 0.1) is 6.61 Å². The van der Waals surface area contributed by atoms with Crippen molar-refractivity contribution < 1.29 is 13.9 Å². The first kappa shape index (κ1) is 16.4. The molecule has 0 fully saturated rings. The number of carbonyl (C=O) groups is 1. The molecule has 0 saturated carbocycles. The van der Waals surface area contributed by atoms with Gasteiger partial charge < -0.3 is 14.6 Å². The number of hydrogen-bond donors (Lipinski definition) is 1. The second-order valence-corrected chi connectivity index (χ2v) is 5.98. The molecule has 3 rings (SSSR count). The third-order valence-electron chi connectivity index (χ3n) is 4.13. The van der Waals surface area contributed by atoms with E-state index in [1.807, 2.05) is 6.92 Å². The number of halogens is 1. The molecule has 1 aromatic heterocycles. The van der Waals surface area contributed by atoms with E-state index in [4.69, 9.17) is 4.74 Å². The lowest BCUT2D eigenvalue weighted by molar-refractivity contribution is -0.122. The fraction of sp³-hybridized carbons (Fsp3) is 0.471. The van der Waals surface area contributed by atoms with E-state index in [0.29, 0.717) is 25.2 Å². The molecule has 1 aliphatic rings. The average Bonchev–Trinajstić information content (AvgIpc) is 2.94. The summed E-state index contributed by atoms with van der Waals surface area (Å²) in [5, 5.41) is 11.3. The van der Waals surface area contributed by atoms with E-state index in [2.05, 4.69) is 20.1 Å². The molecule has 0 radical (unpaired) electrons. The number of benzene rings is 1. The van der Waals surface area contributed by atoms with Gasteiger partial charge in [0.2, 0.25) is 5.91 Å². The largest absolute Gasteiger partial charge is 0.494 e. The summed E-state index contributed by atoms with van der Waals surface area (Å²) in [6, 6.07) is 5.99. The van der Waals surface area contributed by atoms with Crippen LogP contribution in [0.2, 0.25) is 0 Å². The first-order valence-corrected chi connectivity index (χ1v) is 8.18. The highest BCUT2D eigenvalue weighted by Gasteiger charge is 2.22. The fourth-order valence-electron chi connectivity index (χ4n) is 2.83. The summed E-state index contributed by atoms with van der Waals surface area (Å²) >= 11 is 0. The Labute approximate surface area is 140 Å². The zero-order chi connectivity index (χ0) is 16.9. The molecule has 24 heavy (non-hydrogen) atoms. The number of fused-ring (bicyclic) bond motifs is 1. The normalized spacial score (nSPS) is 16.5. The Hall–Kier alpha value is -2.44. The lowest BCUT2D eigenvalue weighted by Crippen LogP contribution is -2.41. The Morgan fingerprint density at radius 3 is 2.96 bits per heavy atom. The number of carbonyl (C=O) groups excluding carboxylic acids is 1. The van der Waals surface area contributed by atoms with Gasteiger partial charge >= 0.3 is 0 Å². The number of amides is 1. The second kappa shape index (κ2) is 7.42. The smallest absolute Gasteiger partial charge is 0.220 e. The highest BCUT2D eigenvalue weighted by molar-refractivity contribution is 5.76. The molecule has 0 spiro atoms. The number of hydrogen-bond acceptors (Lipinski definition) is 4. The average molecular weight is 332 g/mol. The number of nitrogens with zero attached hydrogens (tertiary/aromatic N) is 3. The summed E-state index contributed by atoms with van der Waals surface area (Å²) in [6.07, 6.45) is 2.74. The van der Waals surface area contributed by atoms with Gasteiger partial charge in [-0.15, -0.1) is 10.2 Å². The predicted octanol–water partition coefficient (Wildman–Crippen LogP) is 2.02. The maximum atomic E-state index is 12.8. The Balaban J connectivity index is 1.37. The Kier molecular flexibility index (Phi) is 5.08. The van der Waals surface area contributed by atoms with Gasteiger partial charge in [-0.1, -0.05) is 0 Å². The van der Waals surface area contributed by atoms with Gasteiger partial charge in [0.1, 0.15) is 23.2 Å². The third-order valence-corrected chi connectivity index (χ3v) is 4.13. The molecule has 7 heteroatoms. The Morgan fingerprint density at radius 2 is 2.17 bits per heavy atom. The van der Waals surface area contributed by atoms with Crippen molar-refractivity contribution in [1.29, 1.82) is 0 Å². The van der Waals surface area contributed by atoms with Crippen molar-refractivity contribution in [3.8, 4) is 5.75 Å². The quantitative estimate of drug-likeness (QED) is 0.822. The Bertz CT molecular complexity index is 699. The summed E-state index contributed by atoms with van der Waals surface area (Å²) < 4.78 is 20.3. The van der Waals surface area contributed by atoms with Crippen molar-refractivity contribution in [1.82, 2.24) is 20.1 Å². The van der Waals surface area contributed by atoms with Crippen LogP contribution in [0.15, 0.2) is 24.3 Å². The van der Waals surface area contributed by atoms with E-state index in [1.54, 1.807) is 12.1 Å². The van der Waals surface area contributed by atoms with Gasteiger partial charge in [-0.3, -0.25) is 4.79 Å². The van der Waals surface area contributed by atoms with E-state index in [-0.39, 0.29) is 17.8 Å². The molecule has 1 atom stereocenters. The van der Waals surface area contributed by atoms with E-state index in [9.17, 15) is 9.18 Å². The number of ether oxygens (including phenoxy) is 1. The van der Waals surface area contributed by atoms with Crippen molar-refractivity contribution >= 4 is 5.91 Å². The molecule has 1 aliphatic heterocycles. The highest BCUT2D eigenvalue weighted by Crippen LogP contribution is 2.15. The molecule has 6 nitrogen and oxygen atoms in total. The second-order valence-electron chi connectivity index (χ2n) is 5.98. The minimum absolute atomic E-state index is 0.0249. The first-order chi connectivity index (χ1) is 11.6. The van der Waals surface area contributed by atoms with E-state index in [1.165, 1.54) is 12.1 Å². The van der Waals surface area contributed by atoms with Gasteiger partial charge in [-0.05, 0) is 44.0 Å². The van der Waals surface area contributed by atoms with Crippen LogP contribution in [-0.4, -0.2) is 33.3 Å². The summed E-state index contributed by atoms with van der Waals surface area (Å²) in [7, 11) is 0. The monoisotopic (exact) mass is 332 g/mol. The van der Waals surface area contributed by atoms with Crippen molar-refractivity contribution in [2.24, 2.45) is 0 Å². The lowest BCUT2D eigenvalue weighted by Gasteiger charge is -2.24. The van der Waals surface area contributed by atoms with Crippen molar-refractivity contribution in [3.05, 3.63) is 41.7 Å².